The topological polar surface area (TPSA) is 79.0 Å². The fourth-order valence-corrected chi connectivity index (χ4v) is 3.61. The second kappa shape index (κ2) is 6.84. The Bertz CT molecular complexity index is 777. The van der Waals surface area contributed by atoms with Crippen molar-refractivity contribution in [1.82, 2.24) is 14.5 Å². The van der Waals surface area contributed by atoms with Crippen LogP contribution in [0.3, 0.4) is 0 Å². The van der Waals surface area contributed by atoms with E-state index in [1.807, 2.05) is 28.8 Å². The van der Waals surface area contributed by atoms with E-state index >= 15 is 0 Å². The lowest BCUT2D eigenvalue weighted by Gasteiger charge is -2.13. The Labute approximate surface area is 138 Å². The Balaban J connectivity index is 1.73. The average molecular weight is 328 g/mol. The van der Waals surface area contributed by atoms with E-state index in [1.54, 1.807) is 0 Å². The summed E-state index contributed by atoms with van der Waals surface area (Å²) in [5.74, 6) is 0.426. The van der Waals surface area contributed by atoms with Crippen LogP contribution >= 0.6 is 11.8 Å². The number of carbonyl (C=O) groups excluding carboxylic acids is 2. The van der Waals surface area contributed by atoms with Gasteiger partial charge in [0.05, 0.1) is 23.5 Å². The fourth-order valence-electron chi connectivity index (χ4n) is 2.64. The Morgan fingerprint density at radius 2 is 1.91 bits per heavy atom. The van der Waals surface area contributed by atoms with Gasteiger partial charge in [-0.2, -0.15) is 5.26 Å². The third-order valence-corrected chi connectivity index (χ3v) is 4.72. The molecule has 0 saturated carbocycles. The molecule has 23 heavy (non-hydrogen) atoms. The van der Waals surface area contributed by atoms with E-state index < -0.39 is 0 Å². The molecule has 0 aliphatic carbocycles. The zero-order valence-corrected chi connectivity index (χ0v) is 13.4. The Hall–Kier alpha value is -2.33. The molecule has 1 saturated heterocycles. The van der Waals surface area contributed by atoms with E-state index in [0.29, 0.717) is 38.1 Å². The van der Waals surface area contributed by atoms with E-state index in [9.17, 15) is 9.59 Å². The smallest absolute Gasteiger partial charge is 0.229 e. The Morgan fingerprint density at radius 3 is 2.65 bits per heavy atom. The number of para-hydroxylation sites is 2. The third-order valence-electron chi connectivity index (χ3n) is 3.77. The molecule has 0 unspecified atom stereocenters. The molecule has 7 heteroatoms. The number of benzene rings is 1. The monoisotopic (exact) mass is 328 g/mol. The first-order valence-electron chi connectivity index (χ1n) is 7.49. The molecule has 1 aliphatic rings. The van der Waals surface area contributed by atoms with Crippen LogP contribution in [-0.2, 0) is 16.1 Å². The first-order valence-corrected chi connectivity index (χ1v) is 8.47. The maximum atomic E-state index is 11.6. The molecule has 1 aromatic carbocycles. The number of hydrogen-bond donors (Lipinski definition) is 0. The van der Waals surface area contributed by atoms with E-state index in [0.717, 1.165) is 16.2 Å². The number of likely N-dealkylation sites (tertiary alicyclic amines) is 1. The number of thioether (sulfide) groups is 1. The highest BCUT2D eigenvalue weighted by Gasteiger charge is 2.28. The Morgan fingerprint density at radius 1 is 1.17 bits per heavy atom. The SMILES string of the molecule is N#CCCn1c(SCCN2C(=O)CCC2=O)nc2ccccc21. The summed E-state index contributed by atoms with van der Waals surface area (Å²) < 4.78 is 2.02. The predicted octanol–water partition coefficient (Wildman–Crippen LogP) is 2.19. The minimum atomic E-state index is -0.0893. The van der Waals surface area contributed by atoms with Crippen LogP contribution in [0.15, 0.2) is 29.4 Å². The molecule has 0 radical (unpaired) electrons. The van der Waals surface area contributed by atoms with Gasteiger partial charge in [-0.25, -0.2) is 4.98 Å². The molecule has 1 aromatic heterocycles. The van der Waals surface area contributed by atoms with Crippen LogP contribution in [-0.4, -0.2) is 38.6 Å². The maximum Gasteiger partial charge on any atom is 0.229 e. The van der Waals surface area contributed by atoms with Crippen molar-refractivity contribution in [1.29, 1.82) is 5.26 Å². The first kappa shape index (κ1) is 15.6. The zero-order chi connectivity index (χ0) is 16.2. The number of nitriles is 1. The van der Waals surface area contributed by atoms with Crippen LogP contribution < -0.4 is 0 Å². The van der Waals surface area contributed by atoms with Crippen molar-refractivity contribution in [2.45, 2.75) is 31.0 Å². The Kier molecular flexibility index (Phi) is 4.63. The summed E-state index contributed by atoms with van der Waals surface area (Å²) in [5, 5.41) is 9.65. The lowest BCUT2D eigenvalue weighted by molar-refractivity contribution is -0.137. The van der Waals surface area contributed by atoms with Crippen molar-refractivity contribution in [3.05, 3.63) is 24.3 Å². The number of aryl methyl sites for hydroxylation is 1. The highest BCUT2D eigenvalue weighted by Crippen LogP contribution is 2.25. The number of imidazole rings is 1. The van der Waals surface area contributed by atoms with Gasteiger partial charge in [0, 0.05) is 31.7 Å². The summed E-state index contributed by atoms with van der Waals surface area (Å²) in [6.45, 7) is 0.991. The molecule has 0 atom stereocenters. The van der Waals surface area contributed by atoms with Gasteiger partial charge < -0.3 is 4.57 Å². The second-order valence-corrected chi connectivity index (χ2v) is 6.29. The molecule has 6 nitrogen and oxygen atoms in total. The predicted molar refractivity (Wildman–Crippen MR) is 86.6 cm³/mol. The fraction of sp³-hybridized carbons (Fsp3) is 0.375. The average Bonchev–Trinajstić information content (AvgIpc) is 3.07. The number of rotatable bonds is 6. The molecule has 1 fully saturated rings. The molecule has 2 aromatic rings. The van der Waals surface area contributed by atoms with Crippen LogP contribution in [0, 0.1) is 11.3 Å². The summed E-state index contributed by atoms with van der Waals surface area (Å²) in [5.41, 5.74) is 1.89. The quantitative estimate of drug-likeness (QED) is 0.600. The van der Waals surface area contributed by atoms with Gasteiger partial charge in [-0.15, -0.1) is 0 Å². The standard InChI is InChI=1S/C16H16N4O2S/c17-8-3-9-19-13-5-2-1-4-12(13)18-16(19)23-11-10-20-14(21)6-7-15(20)22/h1-2,4-5H,3,6-7,9-11H2. The largest absolute Gasteiger partial charge is 0.318 e. The summed E-state index contributed by atoms with van der Waals surface area (Å²) in [6, 6.07) is 9.96. The minimum Gasteiger partial charge on any atom is -0.318 e. The molecular formula is C16H16N4O2S. The van der Waals surface area contributed by atoms with E-state index in [1.165, 1.54) is 16.7 Å². The van der Waals surface area contributed by atoms with Gasteiger partial charge in [-0.1, -0.05) is 23.9 Å². The van der Waals surface area contributed by atoms with E-state index in [-0.39, 0.29) is 11.8 Å². The zero-order valence-electron chi connectivity index (χ0n) is 12.6. The number of nitrogens with zero attached hydrogens (tertiary/aromatic N) is 4. The number of hydrogen-bond acceptors (Lipinski definition) is 5. The van der Waals surface area contributed by atoms with Crippen LogP contribution in [0.25, 0.3) is 11.0 Å². The van der Waals surface area contributed by atoms with Crippen LogP contribution in [0.5, 0.6) is 0 Å². The molecule has 3 rings (SSSR count). The lowest BCUT2D eigenvalue weighted by Crippen LogP contribution is -2.31. The molecule has 1 aliphatic heterocycles. The molecule has 0 N–H and O–H groups in total. The molecule has 2 amide bonds. The second-order valence-electron chi connectivity index (χ2n) is 5.23. The first-order chi connectivity index (χ1) is 11.2. The van der Waals surface area contributed by atoms with E-state index in [4.69, 9.17) is 5.26 Å². The maximum absolute atomic E-state index is 11.6. The highest BCUT2D eigenvalue weighted by molar-refractivity contribution is 7.99. The number of fused-ring (bicyclic) bond motifs is 1. The van der Waals surface area contributed by atoms with Gasteiger partial charge >= 0.3 is 0 Å². The number of imide groups is 1. The van der Waals surface area contributed by atoms with E-state index in [2.05, 4.69) is 11.1 Å². The number of amides is 2. The van der Waals surface area contributed by atoms with Crippen molar-refractivity contribution < 1.29 is 9.59 Å². The summed E-state index contributed by atoms with van der Waals surface area (Å²) >= 11 is 1.51. The normalized spacial score (nSPS) is 14.7. The van der Waals surface area contributed by atoms with Gasteiger partial charge in [0.25, 0.3) is 0 Å². The molecule has 0 spiro atoms. The van der Waals surface area contributed by atoms with Crippen molar-refractivity contribution >= 4 is 34.6 Å². The molecule has 118 valence electrons. The van der Waals surface area contributed by atoms with Gasteiger partial charge in [0.1, 0.15) is 0 Å². The summed E-state index contributed by atoms with van der Waals surface area (Å²) in [6.07, 6.45) is 1.06. The van der Waals surface area contributed by atoms with Crippen LogP contribution in [0.2, 0.25) is 0 Å². The summed E-state index contributed by atoms with van der Waals surface area (Å²) in [7, 11) is 0. The summed E-state index contributed by atoms with van der Waals surface area (Å²) in [4.78, 5) is 29.2. The van der Waals surface area contributed by atoms with Crippen LogP contribution in [0.4, 0.5) is 0 Å². The number of aromatic nitrogens is 2. The number of carbonyl (C=O) groups is 2. The van der Waals surface area contributed by atoms with Crippen molar-refractivity contribution in [2.75, 3.05) is 12.3 Å². The van der Waals surface area contributed by atoms with Gasteiger partial charge in [-0.05, 0) is 12.1 Å². The minimum absolute atomic E-state index is 0.0893. The van der Waals surface area contributed by atoms with Crippen molar-refractivity contribution in [3.63, 3.8) is 0 Å². The molecule has 0 bridgehead atoms. The third kappa shape index (κ3) is 3.22. The van der Waals surface area contributed by atoms with Gasteiger partial charge in [-0.3, -0.25) is 14.5 Å². The lowest BCUT2D eigenvalue weighted by atomic mass is 10.3. The highest BCUT2D eigenvalue weighted by atomic mass is 32.2. The molecular weight excluding hydrogens is 312 g/mol. The van der Waals surface area contributed by atoms with Gasteiger partial charge in [0.15, 0.2) is 5.16 Å². The van der Waals surface area contributed by atoms with Crippen LogP contribution in [0.1, 0.15) is 19.3 Å². The van der Waals surface area contributed by atoms with Gasteiger partial charge in [0.2, 0.25) is 11.8 Å². The van der Waals surface area contributed by atoms with Crippen molar-refractivity contribution in [2.24, 2.45) is 0 Å². The van der Waals surface area contributed by atoms with Crippen molar-refractivity contribution in [3.8, 4) is 6.07 Å². The molecule has 2 heterocycles.